The number of nitrogens with one attached hydrogen (secondary N) is 1. The molecule has 15 heteroatoms. The molecule has 4 saturated heterocycles. The lowest BCUT2D eigenvalue weighted by Crippen LogP contribution is -2.47. The third kappa shape index (κ3) is 5.98. The summed E-state index contributed by atoms with van der Waals surface area (Å²) in [6.45, 7) is 16.2. The van der Waals surface area contributed by atoms with Gasteiger partial charge < -0.3 is 5.11 Å². The normalized spacial score (nSPS) is 44.6. The van der Waals surface area contributed by atoms with Crippen LogP contribution in [-0.4, -0.2) is 97.2 Å². The number of carboxylic acid groups (broad SMARTS) is 1. The minimum Gasteiger partial charge on any atom is -0.481 e. The van der Waals surface area contributed by atoms with Crippen molar-refractivity contribution >= 4 is 50.7 Å². The van der Waals surface area contributed by atoms with Crippen LogP contribution in [0.5, 0.6) is 0 Å². The van der Waals surface area contributed by atoms with Crippen molar-refractivity contribution in [1.82, 2.24) is 18.4 Å². The predicted molar refractivity (Wildman–Crippen MR) is 197 cm³/mol. The molecular formula is C34H60N4O7P2S2. The van der Waals surface area contributed by atoms with E-state index >= 15 is 0 Å². The average molecular weight is 763 g/mol. The molecule has 49 heavy (non-hydrogen) atoms. The Morgan fingerprint density at radius 1 is 0.776 bits per heavy atom. The summed E-state index contributed by atoms with van der Waals surface area (Å²) in [5.74, 6) is 1.31. The number of carbonyl (C=O) groups is 2. The second-order valence-electron chi connectivity index (χ2n) is 17.8. The third-order valence-corrected chi connectivity index (χ3v) is 19.7. The number of aliphatic carboxylic acids is 1. The van der Waals surface area contributed by atoms with Crippen LogP contribution in [0.4, 0.5) is 0 Å². The van der Waals surface area contributed by atoms with Gasteiger partial charge in [0.25, 0.3) is 0 Å². The Morgan fingerprint density at radius 2 is 1.29 bits per heavy atom. The van der Waals surface area contributed by atoms with Crippen LogP contribution in [0.1, 0.15) is 92.9 Å². The molecule has 280 valence electrons. The van der Waals surface area contributed by atoms with E-state index in [9.17, 15) is 26.4 Å². The van der Waals surface area contributed by atoms with Crippen molar-refractivity contribution in [1.29, 1.82) is 0 Å². The highest BCUT2D eigenvalue weighted by Gasteiger charge is 2.73. The fourth-order valence-electron chi connectivity index (χ4n) is 12.1. The second kappa shape index (κ2) is 12.9. The SMILES string of the molecule is CC1(C)C2CC[C@@]13CS(=O)(=O)N[C@H]3C2.CC[C@@H]1CN(P)C[C@@H]1C(=O)N1[C@H]2CC3CC[C@@]2(CS1(=O)=O)C3(C)C.CC[C@@H]1CN(P)C[C@@H]1C(=O)O. The van der Waals surface area contributed by atoms with Crippen LogP contribution in [0.25, 0.3) is 0 Å². The molecule has 0 aromatic heterocycles. The highest BCUT2D eigenvalue weighted by Crippen LogP contribution is 2.70. The molecule has 8 rings (SSSR count). The number of sulfonamides is 2. The largest absolute Gasteiger partial charge is 0.481 e. The van der Waals surface area contributed by atoms with Crippen LogP contribution in [0.2, 0.25) is 0 Å². The summed E-state index contributed by atoms with van der Waals surface area (Å²) >= 11 is 0. The molecule has 2 N–H and O–H groups in total. The minimum absolute atomic E-state index is 0.0201. The standard InChI is InChI=1S/C17H29N2O3PS.C10H17NO2S.C7H14NO2P/c1-4-11-8-18(23)9-13(11)15(20)19-14-7-12-5-6-17(14,16(12,2)3)10-24(19,21)22;1-9(2)7-3-4-10(9)6-14(12,13)11-8(10)5-7;1-2-5-3-8(11)4-6(5)7(9)10/h11-14H,4-10,23H2,1-3H3;7-8,11H,3-6H2,1-2H3;5-6H,2-4,11H2,1H3,(H,9,10)/t11-,12?,13+,14+,17+;7?,8-,10-;5-,6+/m101/s1. The summed E-state index contributed by atoms with van der Waals surface area (Å²) < 4.78 is 57.5. The smallest absolute Gasteiger partial charge is 0.308 e. The lowest BCUT2D eigenvalue weighted by Gasteiger charge is -2.37. The van der Waals surface area contributed by atoms with Gasteiger partial charge in [-0.25, -0.2) is 25.9 Å². The molecule has 0 radical (unpaired) electrons. The van der Waals surface area contributed by atoms with E-state index in [4.69, 9.17) is 5.11 Å². The van der Waals surface area contributed by atoms with Crippen molar-refractivity contribution in [2.45, 2.75) is 105 Å². The number of carbonyl (C=O) groups excluding carboxylic acids is 1. The van der Waals surface area contributed by atoms with Gasteiger partial charge in [-0.3, -0.25) is 18.9 Å². The van der Waals surface area contributed by atoms with Crippen LogP contribution in [-0.2, 0) is 29.6 Å². The van der Waals surface area contributed by atoms with Crippen LogP contribution >= 0.6 is 18.8 Å². The summed E-state index contributed by atoms with van der Waals surface area (Å²) in [6.07, 6.45) is 8.19. The molecule has 12 atom stereocenters. The molecular weight excluding hydrogens is 702 g/mol. The molecule has 2 spiro atoms. The summed E-state index contributed by atoms with van der Waals surface area (Å²) in [5.41, 5.74) is 0.0735. The summed E-state index contributed by atoms with van der Waals surface area (Å²) in [7, 11) is -1.22. The van der Waals surface area contributed by atoms with E-state index in [1.54, 1.807) is 0 Å². The molecule has 0 aromatic rings. The maximum atomic E-state index is 13.3. The van der Waals surface area contributed by atoms with E-state index in [1.165, 1.54) is 10.7 Å². The molecule has 8 fully saturated rings. The number of hydrogen-bond donors (Lipinski definition) is 2. The lowest BCUT2D eigenvalue weighted by molar-refractivity contribution is -0.142. The molecule has 4 bridgehead atoms. The first kappa shape index (κ1) is 38.3. The molecule has 11 nitrogen and oxygen atoms in total. The van der Waals surface area contributed by atoms with Gasteiger partial charge in [-0.05, 0) is 73.0 Å². The zero-order valence-corrected chi connectivity index (χ0v) is 34.2. The molecule has 4 heterocycles. The van der Waals surface area contributed by atoms with E-state index in [0.717, 1.165) is 64.0 Å². The van der Waals surface area contributed by atoms with Crippen LogP contribution in [0.3, 0.4) is 0 Å². The van der Waals surface area contributed by atoms with Crippen molar-refractivity contribution in [3.63, 3.8) is 0 Å². The van der Waals surface area contributed by atoms with Crippen molar-refractivity contribution < 1.29 is 31.5 Å². The zero-order valence-electron chi connectivity index (χ0n) is 30.2. The molecule has 8 aliphatic rings. The van der Waals surface area contributed by atoms with E-state index in [1.807, 2.05) is 11.6 Å². The molecule has 4 unspecified atom stereocenters. The van der Waals surface area contributed by atoms with Gasteiger partial charge in [0.1, 0.15) is 0 Å². The average Bonchev–Trinajstić information content (AvgIpc) is 3.84. The van der Waals surface area contributed by atoms with Gasteiger partial charge in [0.2, 0.25) is 26.0 Å². The first-order valence-electron chi connectivity index (χ1n) is 18.4. The first-order chi connectivity index (χ1) is 22.7. The number of amides is 1. The van der Waals surface area contributed by atoms with E-state index < -0.39 is 26.0 Å². The van der Waals surface area contributed by atoms with Gasteiger partial charge in [0.05, 0.1) is 29.4 Å². The fourth-order valence-corrected chi connectivity index (χ4v) is 17.9. The maximum absolute atomic E-state index is 13.3. The monoisotopic (exact) mass is 762 g/mol. The topological polar surface area (TPSA) is 144 Å². The van der Waals surface area contributed by atoms with Gasteiger partial charge >= 0.3 is 5.97 Å². The highest BCUT2D eigenvalue weighted by molar-refractivity contribution is 7.90. The Bertz CT molecular complexity index is 1560. The van der Waals surface area contributed by atoms with Gasteiger partial charge in [0, 0.05) is 43.1 Å². The molecule has 4 aliphatic carbocycles. The van der Waals surface area contributed by atoms with E-state index in [0.29, 0.717) is 30.7 Å². The summed E-state index contributed by atoms with van der Waals surface area (Å²) in [6, 6.07) is 0.140. The van der Waals surface area contributed by atoms with Gasteiger partial charge in [-0.2, -0.15) is 0 Å². The summed E-state index contributed by atoms with van der Waals surface area (Å²) in [5, 5.41) is 8.80. The van der Waals surface area contributed by atoms with Gasteiger partial charge in [0.15, 0.2) is 0 Å². The van der Waals surface area contributed by atoms with Crippen molar-refractivity contribution in [3.8, 4) is 0 Å². The maximum Gasteiger partial charge on any atom is 0.308 e. The number of hydrogen-bond acceptors (Lipinski definition) is 8. The quantitative estimate of drug-likeness (QED) is 0.406. The first-order valence-corrected chi connectivity index (χ1v) is 22.7. The van der Waals surface area contributed by atoms with Crippen molar-refractivity contribution in [2.75, 3.05) is 37.7 Å². The van der Waals surface area contributed by atoms with E-state index in [2.05, 4.69) is 62.8 Å². The fraction of sp³-hybridized carbons (Fsp3) is 0.941. The Balaban J connectivity index is 0.000000141. The lowest BCUT2D eigenvalue weighted by atomic mass is 9.69. The number of fused-ring (bicyclic) bond motifs is 2. The zero-order chi connectivity index (χ0) is 36.1. The van der Waals surface area contributed by atoms with Gasteiger partial charge in [-0.1, -0.05) is 73.2 Å². The number of rotatable bonds is 4. The third-order valence-electron chi connectivity index (χ3n) is 15.4. The highest BCUT2D eigenvalue weighted by atomic mass is 32.2. The number of carboxylic acids is 1. The van der Waals surface area contributed by atoms with Gasteiger partial charge in [-0.15, -0.1) is 0 Å². The second-order valence-corrected chi connectivity index (χ2v) is 22.9. The van der Waals surface area contributed by atoms with E-state index in [-0.39, 0.29) is 63.2 Å². The van der Waals surface area contributed by atoms with Crippen LogP contribution in [0, 0.1) is 57.2 Å². The molecule has 4 saturated carbocycles. The van der Waals surface area contributed by atoms with Crippen LogP contribution in [0.15, 0.2) is 0 Å². The minimum atomic E-state index is -3.49. The molecule has 4 aliphatic heterocycles. The number of nitrogens with zero attached hydrogens (tertiary/aromatic N) is 3. The summed E-state index contributed by atoms with van der Waals surface area (Å²) in [4.78, 5) is 24.0. The Labute approximate surface area is 299 Å². The Kier molecular flexibility index (Phi) is 10.1. The molecule has 1 amide bonds. The Hall–Kier alpha value is -0.420. The Morgan fingerprint density at radius 3 is 1.78 bits per heavy atom. The predicted octanol–water partition coefficient (Wildman–Crippen LogP) is 4.03. The van der Waals surface area contributed by atoms with Crippen molar-refractivity contribution in [3.05, 3.63) is 0 Å². The van der Waals surface area contributed by atoms with Crippen molar-refractivity contribution in [2.24, 2.45) is 57.2 Å². The van der Waals surface area contributed by atoms with Crippen LogP contribution < -0.4 is 4.72 Å². The molecule has 0 aromatic carbocycles.